The largest absolute Gasteiger partial charge is 0.465 e. The molecule has 1 aliphatic heterocycles. The molecule has 0 amide bonds. The monoisotopic (exact) mass is 325 g/mol. The zero-order valence-electron chi connectivity index (χ0n) is 14.5. The highest BCUT2D eigenvalue weighted by Crippen LogP contribution is 2.21. The Labute approximate surface area is 142 Å². The number of esters is 1. The Morgan fingerprint density at radius 3 is 2.58 bits per heavy atom. The van der Waals surface area contributed by atoms with Crippen LogP contribution in [0.1, 0.15) is 58.9 Å². The first-order chi connectivity index (χ1) is 11.5. The molecule has 4 nitrogen and oxygen atoms in total. The van der Waals surface area contributed by atoms with E-state index in [0.717, 1.165) is 24.1 Å². The second-order valence-electron chi connectivity index (χ2n) is 6.65. The van der Waals surface area contributed by atoms with Crippen LogP contribution in [0, 0.1) is 0 Å². The summed E-state index contributed by atoms with van der Waals surface area (Å²) in [4.78, 5) is 24.8. The van der Waals surface area contributed by atoms with Gasteiger partial charge >= 0.3 is 5.97 Å². The number of aromatic nitrogens is 1. The summed E-state index contributed by atoms with van der Waals surface area (Å²) in [6.45, 7) is 4.99. The number of nitrogens with zero attached hydrogens (tertiary/aromatic N) is 1. The van der Waals surface area contributed by atoms with Crippen LogP contribution in [0.15, 0.2) is 35.1 Å². The number of pyridine rings is 1. The van der Waals surface area contributed by atoms with Gasteiger partial charge in [-0.1, -0.05) is 38.1 Å². The van der Waals surface area contributed by atoms with Gasteiger partial charge in [-0.2, -0.15) is 0 Å². The number of hydrogen-bond donors (Lipinski definition) is 0. The fourth-order valence-corrected chi connectivity index (χ4v) is 3.32. The molecule has 0 fully saturated rings. The van der Waals surface area contributed by atoms with Crippen LogP contribution in [-0.4, -0.2) is 17.6 Å². The summed E-state index contributed by atoms with van der Waals surface area (Å²) < 4.78 is 6.63. The molecule has 0 aliphatic carbocycles. The molecule has 0 N–H and O–H groups in total. The number of carbonyl (C=O) groups is 1. The molecular formula is C20H23NO3. The minimum absolute atomic E-state index is 0.0167. The van der Waals surface area contributed by atoms with Crippen LogP contribution in [0.2, 0.25) is 0 Å². The van der Waals surface area contributed by atoms with E-state index in [0.29, 0.717) is 30.0 Å². The van der Waals surface area contributed by atoms with Crippen molar-refractivity contribution in [2.24, 2.45) is 0 Å². The third-order valence-corrected chi connectivity index (χ3v) is 4.72. The van der Waals surface area contributed by atoms with E-state index in [-0.39, 0.29) is 11.5 Å². The maximum Gasteiger partial charge on any atom is 0.339 e. The van der Waals surface area contributed by atoms with Crippen molar-refractivity contribution < 1.29 is 9.53 Å². The van der Waals surface area contributed by atoms with Crippen molar-refractivity contribution in [2.75, 3.05) is 7.11 Å². The summed E-state index contributed by atoms with van der Waals surface area (Å²) in [7, 11) is 1.38. The van der Waals surface area contributed by atoms with Crippen LogP contribution in [0.25, 0.3) is 0 Å². The lowest BCUT2D eigenvalue weighted by atomic mass is 9.98. The number of hydrogen-bond acceptors (Lipinski definition) is 3. The van der Waals surface area contributed by atoms with Crippen LogP contribution >= 0.6 is 0 Å². The summed E-state index contributed by atoms with van der Waals surface area (Å²) in [6.07, 6.45) is 2.18. The van der Waals surface area contributed by atoms with E-state index in [1.807, 2.05) is 0 Å². The molecule has 0 bridgehead atoms. The first-order valence-electron chi connectivity index (χ1n) is 8.44. The lowest BCUT2D eigenvalue weighted by Gasteiger charge is -2.12. The third-order valence-electron chi connectivity index (χ3n) is 4.72. The lowest BCUT2D eigenvalue weighted by molar-refractivity contribution is 0.0598. The van der Waals surface area contributed by atoms with Gasteiger partial charge in [0.15, 0.2) is 0 Å². The molecule has 1 aromatic heterocycles. The second kappa shape index (κ2) is 6.63. The van der Waals surface area contributed by atoms with E-state index in [9.17, 15) is 9.59 Å². The van der Waals surface area contributed by atoms with E-state index in [2.05, 4.69) is 38.1 Å². The van der Waals surface area contributed by atoms with Crippen molar-refractivity contribution in [1.29, 1.82) is 0 Å². The molecule has 1 aliphatic rings. The first-order valence-corrected chi connectivity index (χ1v) is 8.44. The summed E-state index contributed by atoms with van der Waals surface area (Å²) >= 11 is 0. The standard InChI is InChI=1S/C20H23NO3/c1-13(2)15-8-6-14(7-9-15)11-16-12-17(20(23)24-3)18-5-4-10-21(18)19(16)22/h6-9,12-13H,4-5,10-11H2,1-3H3. The van der Waals surface area contributed by atoms with Gasteiger partial charge in [0, 0.05) is 24.2 Å². The third kappa shape index (κ3) is 3.01. The highest BCUT2D eigenvalue weighted by atomic mass is 16.5. The molecule has 0 radical (unpaired) electrons. The molecule has 1 aromatic carbocycles. The molecule has 0 saturated heterocycles. The van der Waals surface area contributed by atoms with Gasteiger partial charge in [-0.3, -0.25) is 4.79 Å². The van der Waals surface area contributed by atoms with E-state index >= 15 is 0 Å². The highest BCUT2D eigenvalue weighted by Gasteiger charge is 2.23. The van der Waals surface area contributed by atoms with Gasteiger partial charge in [-0.15, -0.1) is 0 Å². The van der Waals surface area contributed by atoms with E-state index < -0.39 is 0 Å². The Bertz CT molecular complexity index is 816. The van der Waals surface area contributed by atoms with Crippen LogP contribution in [0.3, 0.4) is 0 Å². The number of fused-ring (bicyclic) bond motifs is 1. The Hall–Kier alpha value is -2.36. The zero-order chi connectivity index (χ0) is 17.3. The molecule has 0 unspecified atom stereocenters. The van der Waals surface area contributed by atoms with Gasteiger partial charge in [0.1, 0.15) is 0 Å². The fourth-order valence-electron chi connectivity index (χ4n) is 3.32. The van der Waals surface area contributed by atoms with Gasteiger partial charge < -0.3 is 9.30 Å². The second-order valence-corrected chi connectivity index (χ2v) is 6.65. The van der Waals surface area contributed by atoms with Crippen molar-refractivity contribution in [3.63, 3.8) is 0 Å². The predicted octanol–water partition coefficient (Wildman–Crippen LogP) is 3.30. The summed E-state index contributed by atoms with van der Waals surface area (Å²) in [5.41, 5.74) is 4.36. The number of rotatable bonds is 4. The topological polar surface area (TPSA) is 48.3 Å². The van der Waals surface area contributed by atoms with Crippen molar-refractivity contribution in [2.45, 2.75) is 45.6 Å². The Balaban J connectivity index is 1.99. The number of methoxy groups -OCH3 is 1. The van der Waals surface area contributed by atoms with Crippen molar-refractivity contribution in [3.05, 3.63) is 68.6 Å². The Kier molecular flexibility index (Phi) is 4.56. The van der Waals surface area contributed by atoms with Crippen molar-refractivity contribution in [1.82, 2.24) is 4.57 Å². The molecule has 4 heteroatoms. The average molecular weight is 325 g/mol. The Morgan fingerprint density at radius 2 is 1.96 bits per heavy atom. The molecule has 126 valence electrons. The molecule has 0 atom stereocenters. The van der Waals surface area contributed by atoms with E-state index in [1.54, 1.807) is 10.6 Å². The molecule has 0 spiro atoms. The van der Waals surface area contributed by atoms with Crippen LogP contribution in [-0.2, 0) is 24.1 Å². The number of carbonyl (C=O) groups excluding carboxylic acids is 1. The molecule has 2 aromatic rings. The summed E-state index contributed by atoms with van der Waals surface area (Å²) in [5.74, 6) is 0.118. The van der Waals surface area contributed by atoms with Gasteiger partial charge in [0.25, 0.3) is 5.56 Å². The maximum absolute atomic E-state index is 12.7. The highest BCUT2D eigenvalue weighted by molar-refractivity contribution is 5.90. The van der Waals surface area contributed by atoms with Crippen LogP contribution < -0.4 is 5.56 Å². The summed E-state index contributed by atoms with van der Waals surface area (Å²) in [5, 5.41) is 0. The number of ether oxygens (including phenoxy) is 1. The zero-order valence-corrected chi connectivity index (χ0v) is 14.5. The fraction of sp³-hybridized carbons (Fsp3) is 0.400. The van der Waals surface area contributed by atoms with Crippen molar-refractivity contribution in [3.8, 4) is 0 Å². The van der Waals surface area contributed by atoms with Crippen molar-refractivity contribution >= 4 is 5.97 Å². The van der Waals surface area contributed by atoms with Gasteiger partial charge in [0.2, 0.25) is 0 Å². The normalized spacial score (nSPS) is 13.2. The van der Waals surface area contributed by atoms with Gasteiger partial charge in [-0.05, 0) is 36.0 Å². The molecular weight excluding hydrogens is 302 g/mol. The SMILES string of the molecule is COC(=O)c1cc(Cc2ccc(C(C)C)cc2)c(=O)n2c1CCC2. The quantitative estimate of drug-likeness (QED) is 0.811. The van der Waals surface area contributed by atoms with E-state index in [1.165, 1.54) is 12.7 Å². The minimum atomic E-state index is -0.364. The van der Waals surface area contributed by atoms with Gasteiger partial charge in [-0.25, -0.2) is 4.79 Å². The lowest BCUT2D eigenvalue weighted by Crippen LogP contribution is -2.26. The number of benzene rings is 1. The van der Waals surface area contributed by atoms with Crippen LogP contribution in [0.4, 0.5) is 0 Å². The molecule has 2 heterocycles. The Morgan fingerprint density at radius 1 is 1.25 bits per heavy atom. The molecule has 3 rings (SSSR count). The minimum Gasteiger partial charge on any atom is -0.465 e. The average Bonchev–Trinajstić information content (AvgIpc) is 3.07. The van der Waals surface area contributed by atoms with Gasteiger partial charge in [0.05, 0.1) is 12.7 Å². The molecule has 0 saturated carbocycles. The smallest absolute Gasteiger partial charge is 0.339 e. The van der Waals surface area contributed by atoms with E-state index in [4.69, 9.17) is 4.74 Å². The maximum atomic E-state index is 12.7. The first kappa shape index (κ1) is 16.5. The summed E-state index contributed by atoms with van der Waals surface area (Å²) in [6, 6.07) is 10.1. The predicted molar refractivity (Wildman–Crippen MR) is 93.7 cm³/mol. The van der Waals surface area contributed by atoms with Crippen LogP contribution in [0.5, 0.6) is 0 Å². The molecule has 24 heavy (non-hydrogen) atoms.